The summed E-state index contributed by atoms with van der Waals surface area (Å²) in [4.78, 5) is 20.4. The van der Waals surface area contributed by atoms with Gasteiger partial charge in [-0.2, -0.15) is 5.26 Å². The Balaban J connectivity index is 1.42. The van der Waals surface area contributed by atoms with Crippen molar-refractivity contribution in [1.82, 2.24) is 9.55 Å². The Morgan fingerprint density at radius 1 is 0.950 bits per heavy atom. The third kappa shape index (κ3) is 4.46. The number of nitriles is 1. The van der Waals surface area contributed by atoms with Crippen molar-refractivity contribution in [3.8, 4) is 17.2 Å². The van der Waals surface area contributed by atoms with Crippen LogP contribution in [0.3, 0.4) is 0 Å². The van der Waals surface area contributed by atoms with Gasteiger partial charge in [-0.3, -0.25) is 4.79 Å². The van der Waals surface area contributed by atoms with E-state index in [1.54, 1.807) is 0 Å². The molecule has 40 heavy (non-hydrogen) atoms. The lowest BCUT2D eigenvalue weighted by Gasteiger charge is -2.19. The topological polar surface area (TPSA) is 61.9 Å². The number of aryl methyl sites for hydroxylation is 1. The first-order valence-electron chi connectivity index (χ1n) is 14.0. The van der Waals surface area contributed by atoms with E-state index in [0.717, 1.165) is 68.8 Å². The normalized spacial score (nSPS) is 12.8. The Bertz CT molecular complexity index is 1770. The van der Waals surface area contributed by atoms with E-state index in [0.29, 0.717) is 18.7 Å². The van der Waals surface area contributed by atoms with Crippen LogP contribution in [0.25, 0.3) is 22.2 Å². The number of carbonyl (C=O) groups excluding carboxylic acids is 1. The van der Waals surface area contributed by atoms with Crippen molar-refractivity contribution < 1.29 is 4.79 Å². The molecular weight excluding hydrogens is 492 g/mol. The summed E-state index contributed by atoms with van der Waals surface area (Å²) in [6, 6.07) is 30.6. The maximum absolute atomic E-state index is 13.4. The molecule has 6 rings (SSSR count). The number of rotatable bonds is 7. The van der Waals surface area contributed by atoms with Crippen LogP contribution in [0.1, 0.15) is 71.5 Å². The minimum atomic E-state index is 0.0535. The van der Waals surface area contributed by atoms with Gasteiger partial charge < -0.3 is 9.47 Å². The highest BCUT2D eigenvalue weighted by molar-refractivity contribution is 6.10. The summed E-state index contributed by atoms with van der Waals surface area (Å²) in [6.45, 7) is 7.83. The molecule has 5 nitrogen and oxygen atoms in total. The van der Waals surface area contributed by atoms with Crippen molar-refractivity contribution in [3.63, 3.8) is 0 Å². The number of amides is 1. The van der Waals surface area contributed by atoms with Crippen LogP contribution in [0.5, 0.6) is 0 Å². The SMILES string of the molecule is CCCc1nc2c(C(C)C)cc(N3Cc4ccccc4C3=O)cc2n1Cc1ccc(-c2ccccc2C#N)cc1. The zero-order valence-electron chi connectivity index (χ0n) is 23.2. The molecule has 0 bridgehead atoms. The largest absolute Gasteiger partial charge is 0.323 e. The molecule has 5 heteroatoms. The van der Waals surface area contributed by atoms with Gasteiger partial charge in [0.2, 0.25) is 0 Å². The zero-order chi connectivity index (χ0) is 27.8. The molecule has 5 aromatic rings. The third-order valence-electron chi connectivity index (χ3n) is 7.83. The van der Waals surface area contributed by atoms with Crippen molar-refractivity contribution >= 4 is 22.6 Å². The number of benzene rings is 4. The molecule has 1 aromatic heterocycles. The number of aromatic nitrogens is 2. The zero-order valence-corrected chi connectivity index (χ0v) is 23.2. The second-order valence-corrected chi connectivity index (χ2v) is 10.8. The number of hydrogen-bond acceptors (Lipinski definition) is 3. The molecular formula is C35H32N4O. The summed E-state index contributed by atoms with van der Waals surface area (Å²) in [6.07, 6.45) is 1.88. The third-order valence-corrected chi connectivity index (χ3v) is 7.83. The molecule has 0 aliphatic carbocycles. The van der Waals surface area contributed by atoms with Crippen molar-refractivity contribution in [2.24, 2.45) is 0 Å². The average molecular weight is 525 g/mol. The summed E-state index contributed by atoms with van der Waals surface area (Å²) < 4.78 is 2.32. The lowest BCUT2D eigenvalue weighted by Crippen LogP contribution is -2.23. The van der Waals surface area contributed by atoms with Crippen molar-refractivity contribution in [3.05, 3.63) is 119 Å². The molecule has 1 amide bonds. The van der Waals surface area contributed by atoms with Crippen LogP contribution in [-0.4, -0.2) is 15.5 Å². The fraction of sp³-hybridized carbons (Fsp3) is 0.229. The van der Waals surface area contributed by atoms with Gasteiger partial charge in [-0.25, -0.2) is 4.98 Å². The Labute approximate surface area is 235 Å². The first-order valence-corrected chi connectivity index (χ1v) is 14.0. The number of hydrogen-bond donors (Lipinski definition) is 0. The quantitative estimate of drug-likeness (QED) is 0.218. The highest BCUT2D eigenvalue weighted by atomic mass is 16.2. The molecule has 0 radical (unpaired) electrons. The molecule has 4 aromatic carbocycles. The van der Waals surface area contributed by atoms with Gasteiger partial charge in [0.25, 0.3) is 5.91 Å². The highest BCUT2D eigenvalue weighted by Crippen LogP contribution is 2.36. The predicted molar refractivity (Wildman–Crippen MR) is 160 cm³/mol. The summed E-state index contributed by atoms with van der Waals surface area (Å²) in [5.41, 5.74) is 9.83. The van der Waals surface area contributed by atoms with E-state index in [1.807, 2.05) is 53.4 Å². The molecule has 0 unspecified atom stereocenters. The maximum Gasteiger partial charge on any atom is 0.258 e. The van der Waals surface area contributed by atoms with Gasteiger partial charge in [0.1, 0.15) is 5.82 Å². The maximum atomic E-state index is 13.4. The number of fused-ring (bicyclic) bond motifs is 2. The number of imidazole rings is 1. The van der Waals surface area contributed by atoms with Crippen LogP contribution in [0.2, 0.25) is 0 Å². The molecule has 2 heterocycles. The molecule has 0 spiro atoms. The molecule has 198 valence electrons. The van der Waals surface area contributed by atoms with E-state index in [9.17, 15) is 10.1 Å². The van der Waals surface area contributed by atoms with Crippen molar-refractivity contribution in [1.29, 1.82) is 5.26 Å². The Kier molecular flexibility index (Phi) is 6.69. The van der Waals surface area contributed by atoms with E-state index in [2.05, 4.69) is 67.8 Å². The van der Waals surface area contributed by atoms with E-state index < -0.39 is 0 Å². The van der Waals surface area contributed by atoms with Crippen LogP contribution in [0, 0.1) is 11.3 Å². The average Bonchev–Trinajstić information content (AvgIpc) is 3.50. The summed E-state index contributed by atoms with van der Waals surface area (Å²) in [5, 5.41) is 9.53. The number of carbonyl (C=O) groups is 1. The van der Waals surface area contributed by atoms with Gasteiger partial charge in [0.15, 0.2) is 0 Å². The highest BCUT2D eigenvalue weighted by Gasteiger charge is 2.29. The molecule has 0 N–H and O–H groups in total. The molecule has 1 aliphatic rings. The smallest absolute Gasteiger partial charge is 0.258 e. The van der Waals surface area contributed by atoms with Gasteiger partial charge >= 0.3 is 0 Å². The fourth-order valence-electron chi connectivity index (χ4n) is 5.74. The van der Waals surface area contributed by atoms with Crippen LogP contribution in [-0.2, 0) is 19.5 Å². The first-order chi connectivity index (χ1) is 19.5. The van der Waals surface area contributed by atoms with E-state index in [-0.39, 0.29) is 11.8 Å². The standard InChI is InChI=1S/C35H32N4O/c1-4-9-33-37-34-31(23(2)3)18-28(38-22-27-11-6-8-13-30(27)35(38)40)19-32(34)39(33)21-24-14-16-25(17-15-24)29-12-7-5-10-26(29)20-36/h5-8,10-19,23H,4,9,21-22H2,1-3H3. The molecule has 0 saturated carbocycles. The second-order valence-electron chi connectivity index (χ2n) is 10.8. The van der Waals surface area contributed by atoms with E-state index in [1.165, 1.54) is 0 Å². The van der Waals surface area contributed by atoms with Crippen LogP contribution in [0.4, 0.5) is 5.69 Å². The van der Waals surface area contributed by atoms with Gasteiger partial charge in [0, 0.05) is 24.2 Å². The summed E-state index contributed by atoms with van der Waals surface area (Å²) in [7, 11) is 0. The molecule has 1 aliphatic heterocycles. The monoisotopic (exact) mass is 524 g/mol. The van der Waals surface area contributed by atoms with Crippen molar-refractivity contribution in [2.75, 3.05) is 4.90 Å². The van der Waals surface area contributed by atoms with Crippen LogP contribution >= 0.6 is 0 Å². The summed E-state index contributed by atoms with van der Waals surface area (Å²) >= 11 is 0. The van der Waals surface area contributed by atoms with Gasteiger partial charge in [0.05, 0.1) is 29.2 Å². The van der Waals surface area contributed by atoms with Crippen molar-refractivity contribution in [2.45, 2.75) is 52.6 Å². The minimum Gasteiger partial charge on any atom is -0.323 e. The van der Waals surface area contributed by atoms with E-state index in [4.69, 9.17) is 4.98 Å². The fourth-order valence-corrected chi connectivity index (χ4v) is 5.74. The lowest BCUT2D eigenvalue weighted by molar-refractivity contribution is 0.0996. The number of anilines is 1. The van der Waals surface area contributed by atoms with E-state index >= 15 is 0 Å². The second kappa shape index (κ2) is 10.5. The Morgan fingerprint density at radius 2 is 1.68 bits per heavy atom. The first kappa shape index (κ1) is 25.6. The summed E-state index contributed by atoms with van der Waals surface area (Å²) in [5.74, 6) is 1.38. The van der Waals surface area contributed by atoms with Gasteiger partial charge in [-0.15, -0.1) is 0 Å². The predicted octanol–water partition coefficient (Wildman–Crippen LogP) is 7.86. The number of nitrogens with zero attached hydrogens (tertiary/aromatic N) is 4. The Morgan fingerprint density at radius 3 is 2.38 bits per heavy atom. The van der Waals surface area contributed by atoms with Gasteiger partial charge in [-0.05, 0) is 64.4 Å². The molecule has 0 fully saturated rings. The van der Waals surface area contributed by atoms with Crippen LogP contribution < -0.4 is 4.90 Å². The Hall–Kier alpha value is -4.69. The molecule has 0 saturated heterocycles. The minimum absolute atomic E-state index is 0.0535. The van der Waals surface area contributed by atoms with Crippen LogP contribution in [0.15, 0.2) is 84.9 Å². The molecule has 0 atom stereocenters. The lowest BCUT2D eigenvalue weighted by atomic mass is 9.99. The van der Waals surface area contributed by atoms with Gasteiger partial charge in [-0.1, -0.05) is 81.4 Å².